The third kappa shape index (κ3) is 2.87. The van der Waals surface area contributed by atoms with Gasteiger partial charge in [-0.05, 0) is 34.0 Å². The quantitative estimate of drug-likeness (QED) is 0.507. The first kappa shape index (κ1) is 16.8. The van der Waals surface area contributed by atoms with Gasteiger partial charge in [-0.15, -0.1) is 22.7 Å². The van der Waals surface area contributed by atoms with Crippen LogP contribution in [0, 0.1) is 0 Å². The van der Waals surface area contributed by atoms with E-state index < -0.39 is 11.9 Å². The molecular weight excluding hydrogens is 368 g/mol. The number of rotatable bonds is 5. The van der Waals surface area contributed by atoms with Crippen LogP contribution in [-0.4, -0.2) is 22.2 Å². The van der Waals surface area contributed by atoms with Gasteiger partial charge in [-0.1, -0.05) is 36.4 Å². The van der Waals surface area contributed by atoms with Crippen LogP contribution in [0.1, 0.15) is 11.1 Å². The molecule has 0 bridgehead atoms. The van der Waals surface area contributed by atoms with Crippen molar-refractivity contribution in [2.75, 3.05) is 0 Å². The maximum atomic E-state index is 11.4. The summed E-state index contributed by atoms with van der Waals surface area (Å²) in [4.78, 5) is 24.6. The van der Waals surface area contributed by atoms with Crippen molar-refractivity contribution in [3.63, 3.8) is 0 Å². The lowest BCUT2D eigenvalue weighted by Gasteiger charge is -2.04. The van der Waals surface area contributed by atoms with E-state index in [0.29, 0.717) is 0 Å². The van der Waals surface area contributed by atoms with Gasteiger partial charge in [-0.3, -0.25) is 9.59 Å². The van der Waals surface area contributed by atoms with Gasteiger partial charge in [0, 0.05) is 19.2 Å². The Hall–Kier alpha value is -2.70. The van der Waals surface area contributed by atoms with Crippen molar-refractivity contribution < 1.29 is 19.8 Å². The fourth-order valence-electron chi connectivity index (χ4n) is 3.22. The molecule has 0 saturated heterocycles. The first-order valence-electron chi connectivity index (χ1n) is 7.99. The molecule has 130 valence electrons. The number of carboxylic acids is 2. The highest BCUT2D eigenvalue weighted by atomic mass is 32.1. The molecule has 0 saturated carbocycles. The number of hydrogen-bond donors (Lipinski definition) is 2. The van der Waals surface area contributed by atoms with Gasteiger partial charge in [0.2, 0.25) is 0 Å². The van der Waals surface area contributed by atoms with Crippen LogP contribution in [-0.2, 0) is 22.4 Å². The van der Waals surface area contributed by atoms with Crippen molar-refractivity contribution in [1.29, 1.82) is 0 Å². The van der Waals surface area contributed by atoms with E-state index in [9.17, 15) is 19.8 Å². The van der Waals surface area contributed by atoms with E-state index in [-0.39, 0.29) is 12.8 Å². The topological polar surface area (TPSA) is 74.6 Å². The van der Waals surface area contributed by atoms with Gasteiger partial charge in [-0.2, -0.15) is 0 Å². The Kier molecular flexibility index (Phi) is 4.22. The third-order valence-corrected chi connectivity index (χ3v) is 6.85. The summed E-state index contributed by atoms with van der Waals surface area (Å²) >= 11 is 3.06. The molecule has 2 aromatic carbocycles. The predicted octanol–water partition coefficient (Wildman–Crippen LogP) is 5.04. The van der Waals surface area contributed by atoms with E-state index in [1.807, 2.05) is 48.5 Å². The van der Waals surface area contributed by atoms with Crippen molar-refractivity contribution in [2.45, 2.75) is 12.8 Å². The Bertz CT molecular complexity index is 1060. The van der Waals surface area contributed by atoms with Gasteiger partial charge >= 0.3 is 11.9 Å². The number of benzene rings is 2. The Labute approximate surface area is 157 Å². The summed E-state index contributed by atoms with van der Waals surface area (Å²) < 4.78 is 2.02. The normalized spacial score (nSPS) is 11.2. The molecule has 0 fully saturated rings. The van der Waals surface area contributed by atoms with Crippen LogP contribution in [0.25, 0.3) is 29.9 Å². The Morgan fingerprint density at radius 3 is 1.46 bits per heavy atom. The van der Waals surface area contributed by atoms with Crippen molar-refractivity contribution in [1.82, 2.24) is 0 Å². The second-order valence-corrected chi connectivity index (χ2v) is 8.06. The van der Waals surface area contributed by atoms with E-state index >= 15 is 0 Å². The van der Waals surface area contributed by atoms with Crippen LogP contribution in [0.15, 0.2) is 48.5 Å². The Balaban J connectivity index is 2.03. The zero-order valence-electron chi connectivity index (χ0n) is 13.6. The van der Waals surface area contributed by atoms with Crippen molar-refractivity contribution in [2.24, 2.45) is 0 Å². The van der Waals surface area contributed by atoms with E-state index in [4.69, 9.17) is 0 Å². The molecule has 0 aliphatic heterocycles. The molecule has 26 heavy (non-hydrogen) atoms. The molecule has 0 unspecified atom stereocenters. The molecule has 0 radical (unpaired) electrons. The fraction of sp³-hybridized carbons (Fsp3) is 0.100. The molecule has 2 aromatic heterocycles. The molecule has 0 aliphatic rings. The zero-order valence-corrected chi connectivity index (χ0v) is 15.2. The van der Waals surface area contributed by atoms with Crippen molar-refractivity contribution in [3.05, 3.63) is 59.7 Å². The first-order valence-corrected chi connectivity index (χ1v) is 9.62. The Morgan fingerprint density at radius 2 is 1.08 bits per heavy atom. The average molecular weight is 382 g/mol. The summed E-state index contributed by atoms with van der Waals surface area (Å²) in [5, 5.41) is 20.6. The summed E-state index contributed by atoms with van der Waals surface area (Å²) in [5.41, 5.74) is 1.52. The van der Waals surface area contributed by atoms with E-state index in [2.05, 4.69) is 0 Å². The molecule has 4 nitrogen and oxygen atoms in total. The smallest absolute Gasteiger partial charge is 0.307 e. The maximum Gasteiger partial charge on any atom is 0.307 e. The monoisotopic (exact) mass is 382 g/mol. The summed E-state index contributed by atoms with van der Waals surface area (Å²) in [5.74, 6) is -1.79. The standard InChI is InChI=1S/C20H14O4S2/c21-17(22)9-13-11-5-1-3-7-15(11)25-19(13)20-14(10-18(23)24)12-6-2-4-8-16(12)26-20/h1-8H,9-10H2,(H,21,22)(H,23,24). The molecule has 2 N–H and O–H groups in total. The molecule has 0 aliphatic carbocycles. The van der Waals surface area contributed by atoms with Crippen LogP contribution in [0.5, 0.6) is 0 Å². The zero-order chi connectivity index (χ0) is 18.3. The molecular formula is C20H14O4S2. The molecule has 4 rings (SSSR count). The van der Waals surface area contributed by atoms with E-state index in [1.165, 1.54) is 22.7 Å². The van der Waals surface area contributed by atoms with Gasteiger partial charge in [0.25, 0.3) is 0 Å². The van der Waals surface area contributed by atoms with Gasteiger partial charge < -0.3 is 10.2 Å². The highest BCUT2D eigenvalue weighted by Crippen LogP contribution is 2.46. The van der Waals surface area contributed by atoms with Crippen LogP contribution >= 0.6 is 22.7 Å². The summed E-state index contributed by atoms with van der Waals surface area (Å²) in [6.07, 6.45) is -0.166. The number of carbonyl (C=O) groups is 2. The van der Waals surface area contributed by atoms with Crippen LogP contribution < -0.4 is 0 Å². The highest BCUT2D eigenvalue weighted by Gasteiger charge is 2.22. The average Bonchev–Trinajstić information content (AvgIpc) is 3.13. The Morgan fingerprint density at radius 1 is 0.692 bits per heavy atom. The summed E-state index contributed by atoms with van der Waals surface area (Å²) in [7, 11) is 0. The fourth-order valence-corrected chi connectivity index (χ4v) is 5.85. The molecule has 0 spiro atoms. The summed E-state index contributed by atoms with van der Waals surface area (Å²) in [6.45, 7) is 0. The van der Waals surface area contributed by atoms with Gasteiger partial charge in [-0.25, -0.2) is 0 Å². The first-order chi connectivity index (χ1) is 12.5. The van der Waals surface area contributed by atoms with Crippen molar-refractivity contribution in [3.8, 4) is 9.75 Å². The maximum absolute atomic E-state index is 11.4. The lowest BCUT2D eigenvalue weighted by molar-refractivity contribution is -0.137. The van der Waals surface area contributed by atoms with Crippen LogP contribution in [0.2, 0.25) is 0 Å². The highest BCUT2D eigenvalue weighted by molar-refractivity contribution is 7.28. The van der Waals surface area contributed by atoms with Gasteiger partial charge in [0.05, 0.1) is 12.8 Å². The SMILES string of the molecule is O=C(O)Cc1c(-c2sc3ccccc3c2CC(=O)O)sc2ccccc12. The number of aliphatic carboxylic acids is 2. The van der Waals surface area contributed by atoms with E-state index in [1.54, 1.807) is 0 Å². The molecule has 2 heterocycles. The third-order valence-electron chi connectivity index (χ3n) is 4.26. The minimum Gasteiger partial charge on any atom is -0.481 e. The minimum atomic E-state index is -0.893. The summed E-state index contributed by atoms with van der Waals surface area (Å²) in [6, 6.07) is 15.4. The molecule has 0 atom stereocenters. The lowest BCUT2D eigenvalue weighted by Crippen LogP contribution is -2.02. The van der Waals surface area contributed by atoms with Crippen LogP contribution in [0.3, 0.4) is 0 Å². The van der Waals surface area contributed by atoms with Crippen LogP contribution in [0.4, 0.5) is 0 Å². The predicted molar refractivity (Wildman–Crippen MR) is 105 cm³/mol. The molecule has 6 heteroatoms. The number of fused-ring (bicyclic) bond motifs is 2. The largest absolute Gasteiger partial charge is 0.481 e. The minimum absolute atomic E-state index is 0.0832. The number of carboxylic acid groups (broad SMARTS) is 2. The number of hydrogen-bond acceptors (Lipinski definition) is 4. The number of thiophene rings is 2. The second-order valence-electron chi connectivity index (χ2n) is 5.95. The lowest BCUT2D eigenvalue weighted by atomic mass is 10.0. The van der Waals surface area contributed by atoms with Crippen molar-refractivity contribution >= 4 is 54.8 Å². The molecule has 4 aromatic rings. The van der Waals surface area contributed by atoms with E-state index in [0.717, 1.165) is 41.1 Å². The molecule has 0 amide bonds. The van der Waals surface area contributed by atoms with Gasteiger partial charge in [0.15, 0.2) is 0 Å². The second kappa shape index (κ2) is 6.55. The van der Waals surface area contributed by atoms with Gasteiger partial charge in [0.1, 0.15) is 0 Å².